The molecule has 0 heterocycles. The van der Waals surface area contributed by atoms with Crippen molar-refractivity contribution in [2.75, 3.05) is 7.11 Å². The Balaban J connectivity index is 0. The van der Waals surface area contributed by atoms with E-state index in [0.717, 1.165) is 18.2 Å². The number of aliphatic hydroxyl groups is 1. The number of aliphatic hydroxyl groups excluding tert-OH is 1. The molecule has 0 spiro atoms. The lowest BCUT2D eigenvalue weighted by atomic mass is 10.1. The third kappa shape index (κ3) is 7.84. The van der Waals surface area contributed by atoms with Crippen molar-refractivity contribution in [3.8, 4) is 12.3 Å². The number of rotatable bonds is 1. The van der Waals surface area contributed by atoms with Crippen molar-refractivity contribution in [1.82, 2.24) is 0 Å². The number of hydrogen-bond donors (Lipinski definition) is 1. The van der Waals surface area contributed by atoms with Gasteiger partial charge in [-0.3, -0.25) is 0 Å². The second kappa shape index (κ2) is 11.6. The lowest BCUT2D eigenvalue weighted by Crippen LogP contribution is -1.75. The smallest absolute Gasteiger partial charge is 0.0319 e. The van der Waals surface area contributed by atoms with Crippen LogP contribution in [0.15, 0.2) is 29.8 Å². The fourth-order valence-electron chi connectivity index (χ4n) is 0.954. The van der Waals surface area contributed by atoms with Crippen LogP contribution in [-0.2, 0) is 0 Å². The van der Waals surface area contributed by atoms with Gasteiger partial charge < -0.3 is 5.11 Å². The van der Waals surface area contributed by atoms with Crippen LogP contribution in [0.3, 0.4) is 0 Å². The van der Waals surface area contributed by atoms with E-state index in [1.165, 1.54) is 5.56 Å². The van der Waals surface area contributed by atoms with E-state index in [9.17, 15) is 0 Å². The van der Waals surface area contributed by atoms with Gasteiger partial charge in [-0.15, -0.1) is 6.42 Å². The predicted octanol–water partition coefficient (Wildman–Crippen LogP) is 3.67. The zero-order valence-corrected chi connectivity index (χ0v) is 10.9. The van der Waals surface area contributed by atoms with Gasteiger partial charge in [0.15, 0.2) is 0 Å². The predicted molar refractivity (Wildman–Crippen MR) is 73.2 cm³/mol. The zero-order chi connectivity index (χ0) is 13.0. The van der Waals surface area contributed by atoms with E-state index in [1.54, 1.807) is 0 Å². The van der Waals surface area contributed by atoms with E-state index in [4.69, 9.17) is 11.5 Å². The summed E-state index contributed by atoms with van der Waals surface area (Å²) in [5.41, 5.74) is 3.39. The first-order chi connectivity index (χ1) is 7.72. The van der Waals surface area contributed by atoms with E-state index in [-0.39, 0.29) is 0 Å². The number of terminal acetylenes is 1. The molecule has 0 aromatic heterocycles. The molecule has 1 nitrogen and oxygen atoms in total. The second-order valence-electron chi connectivity index (χ2n) is 2.88. The molecule has 0 atom stereocenters. The maximum atomic E-state index is 7.00. The summed E-state index contributed by atoms with van der Waals surface area (Å²) in [5, 5.41) is 7.00. The highest BCUT2D eigenvalue weighted by Gasteiger charge is 1.87. The van der Waals surface area contributed by atoms with Gasteiger partial charge in [-0.1, -0.05) is 49.6 Å². The Kier molecular flexibility index (Phi) is 12.2. The van der Waals surface area contributed by atoms with Crippen molar-refractivity contribution in [3.63, 3.8) is 0 Å². The summed E-state index contributed by atoms with van der Waals surface area (Å²) < 4.78 is 0. The minimum Gasteiger partial charge on any atom is -0.400 e. The van der Waals surface area contributed by atoms with Crippen LogP contribution in [0.2, 0.25) is 0 Å². The van der Waals surface area contributed by atoms with Crippen molar-refractivity contribution in [2.24, 2.45) is 0 Å². The molecular formula is C15H22O. The van der Waals surface area contributed by atoms with Gasteiger partial charge in [-0.2, -0.15) is 0 Å². The van der Waals surface area contributed by atoms with Crippen LogP contribution in [0.5, 0.6) is 0 Å². The largest absolute Gasteiger partial charge is 0.400 e. The molecular weight excluding hydrogens is 196 g/mol. The number of benzene rings is 1. The van der Waals surface area contributed by atoms with Crippen molar-refractivity contribution in [2.45, 2.75) is 27.7 Å². The average molecular weight is 218 g/mol. The zero-order valence-electron chi connectivity index (χ0n) is 10.9. The Labute approximate surface area is 99.8 Å². The van der Waals surface area contributed by atoms with Crippen LogP contribution >= 0.6 is 0 Å². The summed E-state index contributed by atoms with van der Waals surface area (Å²) in [6, 6.07) is 8.29. The molecule has 1 aromatic rings. The van der Waals surface area contributed by atoms with E-state index >= 15 is 0 Å². The van der Waals surface area contributed by atoms with E-state index in [1.807, 2.05) is 26.8 Å². The monoisotopic (exact) mass is 218 g/mol. The van der Waals surface area contributed by atoms with Gasteiger partial charge in [0.1, 0.15) is 0 Å². The third-order valence-electron chi connectivity index (χ3n) is 1.69. The van der Waals surface area contributed by atoms with Crippen molar-refractivity contribution < 1.29 is 5.11 Å². The highest BCUT2D eigenvalue weighted by atomic mass is 16.2. The maximum absolute atomic E-state index is 7.00. The Morgan fingerprint density at radius 1 is 1.19 bits per heavy atom. The molecule has 0 aliphatic rings. The van der Waals surface area contributed by atoms with Crippen LogP contribution in [-0.4, -0.2) is 12.2 Å². The molecule has 1 rings (SSSR count). The lowest BCUT2D eigenvalue weighted by molar-refractivity contribution is 0.399. The molecule has 0 saturated carbocycles. The fraction of sp³-hybridized carbons (Fsp3) is 0.333. The van der Waals surface area contributed by atoms with Crippen molar-refractivity contribution in [3.05, 3.63) is 41.0 Å². The van der Waals surface area contributed by atoms with E-state index in [0.29, 0.717) is 0 Å². The molecule has 0 aliphatic heterocycles. The topological polar surface area (TPSA) is 20.2 Å². The quantitative estimate of drug-likeness (QED) is 0.713. The SMILES string of the molecule is C#CC(C)=Cc1ccc(C)cc1.CC.CO. The van der Waals surface area contributed by atoms with Crippen LogP contribution in [0.25, 0.3) is 6.08 Å². The third-order valence-corrected chi connectivity index (χ3v) is 1.69. The first kappa shape index (κ1) is 16.9. The summed E-state index contributed by atoms with van der Waals surface area (Å²) in [7, 11) is 1.00. The van der Waals surface area contributed by atoms with E-state index < -0.39 is 0 Å². The first-order valence-corrected chi connectivity index (χ1v) is 5.38. The highest BCUT2D eigenvalue weighted by molar-refractivity contribution is 5.57. The molecule has 0 fully saturated rings. The molecule has 88 valence electrons. The summed E-state index contributed by atoms with van der Waals surface area (Å²) in [5.74, 6) is 2.59. The molecule has 1 aromatic carbocycles. The molecule has 1 heteroatoms. The molecule has 1 N–H and O–H groups in total. The summed E-state index contributed by atoms with van der Waals surface area (Å²) in [6.07, 6.45) is 7.23. The maximum Gasteiger partial charge on any atom is 0.0319 e. The Hall–Kier alpha value is -1.52. The van der Waals surface area contributed by atoms with Gasteiger partial charge in [0.05, 0.1) is 0 Å². The summed E-state index contributed by atoms with van der Waals surface area (Å²) in [6.45, 7) is 8.00. The van der Waals surface area contributed by atoms with Crippen LogP contribution in [0.1, 0.15) is 31.9 Å². The fourth-order valence-corrected chi connectivity index (χ4v) is 0.954. The van der Waals surface area contributed by atoms with E-state index in [2.05, 4.69) is 37.1 Å². The van der Waals surface area contributed by atoms with Gasteiger partial charge in [0, 0.05) is 7.11 Å². The van der Waals surface area contributed by atoms with Gasteiger partial charge in [-0.25, -0.2) is 0 Å². The minimum atomic E-state index is 0.957. The molecule has 0 aliphatic carbocycles. The lowest BCUT2D eigenvalue weighted by Gasteiger charge is -1.94. The second-order valence-corrected chi connectivity index (χ2v) is 2.88. The average Bonchev–Trinajstić information content (AvgIpc) is 2.37. The molecule has 0 bridgehead atoms. The minimum absolute atomic E-state index is 0.957. The molecule has 0 unspecified atom stereocenters. The normalized spacial score (nSPS) is 8.94. The molecule has 0 amide bonds. The van der Waals surface area contributed by atoms with Gasteiger partial charge in [-0.05, 0) is 31.1 Å². The number of allylic oxidation sites excluding steroid dienone is 1. The van der Waals surface area contributed by atoms with Crippen LogP contribution in [0, 0.1) is 19.3 Å². The van der Waals surface area contributed by atoms with Crippen LogP contribution < -0.4 is 0 Å². The van der Waals surface area contributed by atoms with Gasteiger partial charge >= 0.3 is 0 Å². The van der Waals surface area contributed by atoms with Crippen molar-refractivity contribution in [1.29, 1.82) is 0 Å². The highest BCUT2D eigenvalue weighted by Crippen LogP contribution is 2.07. The van der Waals surface area contributed by atoms with Crippen molar-refractivity contribution >= 4 is 6.08 Å². The first-order valence-electron chi connectivity index (χ1n) is 5.38. The molecule has 0 radical (unpaired) electrons. The Morgan fingerprint density at radius 2 is 1.62 bits per heavy atom. The van der Waals surface area contributed by atoms with Gasteiger partial charge in [0.25, 0.3) is 0 Å². The standard InChI is InChI=1S/C12H12.C2H6.CH4O/c1-4-10(2)9-12-7-5-11(3)6-8-12;2*1-2/h1,5-9H,2-3H3;1-2H3;2H,1H3. The number of aryl methyl sites for hydroxylation is 1. The molecule has 16 heavy (non-hydrogen) atoms. The van der Waals surface area contributed by atoms with Crippen LogP contribution in [0.4, 0.5) is 0 Å². The summed E-state index contributed by atoms with van der Waals surface area (Å²) in [4.78, 5) is 0. The van der Waals surface area contributed by atoms with Gasteiger partial charge in [0.2, 0.25) is 0 Å². The number of hydrogen-bond acceptors (Lipinski definition) is 1. The Morgan fingerprint density at radius 3 is 2.00 bits per heavy atom. The molecule has 0 saturated heterocycles. The Bertz CT molecular complexity index is 325. The summed E-state index contributed by atoms with van der Waals surface area (Å²) >= 11 is 0.